The summed E-state index contributed by atoms with van der Waals surface area (Å²) in [4.78, 5) is 19.6. The fraction of sp³-hybridized carbons (Fsp3) is 0.357. The number of carbonyl (C=O) groups is 1. The van der Waals surface area contributed by atoms with Gasteiger partial charge in [-0.2, -0.15) is 0 Å². The molecule has 1 heterocycles. The highest BCUT2D eigenvalue weighted by Gasteiger charge is 2.50. The van der Waals surface area contributed by atoms with Crippen LogP contribution in [0.2, 0.25) is 0 Å². The Morgan fingerprint density at radius 2 is 2.25 bits per heavy atom. The lowest BCUT2D eigenvalue weighted by molar-refractivity contribution is -0.142. The summed E-state index contributed by atoms with van der Waals surface area (Å²) in [7, 11) is 1.59. The van der Waals surface area contributed by atoms with Crippen molar-refractivity contribution in [2.45, 2.75) is 12.8 Å². The van der Waals surface area contributed by atoms with Crippen LogP contribution in [0, 0.1) is 5.41 Å². The number of hydrogen-bond acceptors (Lipinski definition) is 5. The summed E-state index contributed by atoms with van der Waals surface area (Å²) >= 11 is 0. The molecule has 20 heavy (non-hydrogen) atoms. The van der Waals surface area contributed by atoms with E-state index in [2.05, 4.69) is 15.3 Å². The zero-order chi connectivity index (χ0) is 14.2. The number of ether oxygens (including phenoxy) is 1. The maximum atomic E-state index is 11.2. The zero-order valence-electron chi connectivity index (χ0n) is 11.1. The van der Waals surface area contributed by atoms with Crippen molar-refractivity contribution < 1.29 is 14.6 Å². The molecule has 6 heteroatoms. The second kappa shape index (κ2) is 4.63. The van der Waals surface area contributed by atoms with Crippen LogP contribution in [-0.4, -0.2) is 34.7 Å². The van der Waals surface area contributed by atoms with Crippen molar-refractivity contribution in [1.29, 1.82) is 0 Å². The molecule has 1 aliphatic carbocycles. The van der Waals surface area contributed by atoms with Crippen molar-refractivity contribution in [3.05, 3.63) is 24.5 Å². The summed E-state index contributed by atoms with van der Waals surface area (Å²) in [5.74, 6) is 0.529. The van der Waals surface area contributed by atoms with Crippen LogP contribution in [-0.2, 0) is 4.79 Å². The van der Waals surface area contributed by atoms with Crippen molar-refractivity contribution in [1.82, 2.24) is 9.97 Å². The average Bonchev–Trinajstić information content (AvgIpc) is 3.25. The molecule has 1 fully saturated rings. The molecule has 0 radical (unpaired) electrons. The summed E-state index contributed by atoms with van der Waals surface area (Å²) in [5.41, 5.74) is 0.126. The van der Waals surface area contributed by atoms with Crippen LogP contribution in [0.15, 0.2) is 24.5 Å². The molecule has 2 aromatic rings. The SMILES string of the molecule is COc1cccc2ncnc(NCC3(C(=O)O)CC3)c12. The Kier molecular flexibility index (Phi) is 2.93. The fourth-order valence-electron chi connectivity index (χ4n) is 2.25. The summed E-state index contributed by atoms with van der Waals surface area (Å²) in [6, 6.07) is 5.56. The standard InChI is InChI=1S/C14H15N3O3/c1-20-10-4-2-3-9-11(10)12(17-8-16-9)15-7-14(5-6-14)13(18)19/h2-4,8H,5-7H2,1H3,(H,18,19)(H,15,16,17). The van der Waals surface area contributed by atoms with E-state index in [0.717, 1.165) is 10.9 Å². The molecule has 0 spiro atoms. The normalized spacial score (nSPS) is 15.8. The number of rotatable bonds is 5. The van der Waals surface area contributed by atoms with Gasteiger partial charge in [0.25, 0.3) is 0 Å². The molecule has 0 atom stereocenters. The van der Waals surface area contributed by atoms with E-state index in [1.165, 1.54) is 6.33 Å². The smallest absolute Gasteiger partial charge is 0.311 e. The van der Waals surface area contributed by atoms with E-state index in [1.807, 2.05) is 18.2 Å². The van der Waals surface area contributed by atoms with Gasteiger partial charge in [-0.15, -0.1) is 0 Å². The highest BCUT2D eigenvalue weighted by molar-refractivity contribution is 5.94. The van der Waals surface area contributed by atoms with Crippen molar-refractivity contribution in [2.75, 3.05) is 19.0 Å². The second-order valence-electron chi connectivity index (χ2n) is 5.02. The van der Waals surface area contributed by atoms with Gasteiger partial charge >= 0.3 is 5.97 Å². The molecule has 1 saturated carbocycles. The first-order valence-electron chi connectivity index (χ1n) is 6.41. The van der Waals surface area contributed by atoms with Crippen LogP contribution in [0.25, 0.3) is 10.9 Å². The monoisotopic (exact) mass is 273 g/mol. The molecule has 1 aliphatic rings. The Labute approximate surface area is 115 Å². The minimum atomic E-state index is -0.754. The van der Waals surface area contributed by atoms with Crippen molar-refractivity contribution >= 4 is 22.7 Å². The van der Waals surface area contributed by atoms with E-state index >= 15 is 0 Å². The van der Waals surface area contributed by atoms with Gasteiger partial charge in [0.05, 0.1) is 23.4 Å². The highest BCUT2D eigenvalue weighted by Crippen LogP contribution is 2.46. The van der Waals surface area contributed by atoms with Gasteiger partial charge in [-0.1, -0.05) is 6.07 Å². The third-order valence-corrected chi connectivity index (χ3v) is 3.75. The van der Waals surface area contributed by atoms with Gasteiger partial charge in [0, 0.05) is 6.54 Å². The lowest BCUT2D eigenvalue weighted by Crippen LogP contribution is -2.24. The number of nitrogens with one attached hydrogen (secondary N) is 1. The lowest BCUT2D eigenvalue weighted by atomic mass is 10.1. The zero-order valence-corrected chi connectivity index (χ0v) is 11.1. The Balaban J connectivity index is 1.93. The van der Waals surface area contributed by atoms with Gasteiger partial charge in [-0.05, 0) is 25.0 Å². The predicted octanol–water partition coefficient (Wildman–Crippen LogP) is 1.92. The summed E-state index contributed by atoms with van der Waals surface area (Å²) < 4.78 is 5.33. The number of carboxylic acids is 1. The molecule has 0 saturated heterocycles. The van der Waals surface area contributed by atoms with Gasteiger partial charge in [0.1, 0.15) is 17.9 Å². The Morgan fingerprint density at radius 3 is 2.90 bits per heavy atom. The molecule has 6 nitrogen and oxygen atoms in total. The van der Waals surface area contributed by atoms with Crippen LogP contribution < -0.4 is 10.1 Å². The number of aromatic nitrogens is 2. The minimum absolute atomic E-state index is 0.368. The van der Waals surface area contributed by atoms with E-state index in [1.54, 1.807) is 7.11 Å². The van der Waals surface area contributed by atoms with Crippen LogP contribution >= 0.6 is 0 Å². The van der Waals surface area contributed by atoms with E-state index in [0.29, 0.717) is 31.0 Å². The maximum Gasteiger partial charge on any atom is 0.311 e. The third-order valence-electron chi connectivity index (χ3n) is 3.75. The van der Waals surface area contributed by atoms with Crippen LogP contribution in [0.4, 0.5) is 5.82 Å². The fourth-order valence-corrected chi connectivity index (χ4v) is 2.25. The summed E-state index contributed by atoms with van der Waals surface area (Å²) in [6.45, 7) is 0.368. The van der Waals surface area contributed by atoms with Crippen molar-refractivity contribution in [2.24, 2.45) is 5.41 Å². The van der Waals surface area contributed by atoms with Gasteiger partial charge in [-0.25, -0.2) is 9.97 Å². The average molecular weight is 273 g/mol. The van der Waals surface area contributed by atoms with E-state index in [4.69, 9.17) is 4.74 Å². The molecular weight excluding hydrogens is 258 g/mol. The molecule has 0 amide bonds. The maximum absolute atomic E-state index is 11.2. The quantitative estimate of drug-likeness (QED) is 0.865. The van der Waals surface area contributed by atoms with Crippen molar-refractivity contribution in [3.63, 3.8) is 0 Å². The Hall–Kier alpha value is -2.37. The second-order valence-corrected chi connectivity index (χ2v) is 5.02. The van der Waals surface area contributed by atoms with Gasteiger partial charge in [-0.3, -0.25) is 4.79 Å². The molecule has 1 aromatic heterocycles. The van der Waals surface area contributed by atoms with E-state index in [9.17, 15) is 9.90 Å². The number of fused-ring (bicyclic) bond motifs is 1. The van der Waals surface area contributed by atoms with E-state index < -0.39 is 11.4 Å². The first-order chi connectivity index (χ1) is 9.66. The molecule has 3 rings (SSSR count). The number of hydrogen-bond donors (Lipinski definition) is 2. The molecule has 0 unspecified atom stereocenters. The molecule has 104 valence electrons. The number of methoxy groups -OCH3 is 1. The molecular formula is C14H15N3O3. The van der Waals surface area contributed by atoms with E-state index in [-0.39, 0.29) is 0 Å². The predicted molar refractivity (Wildman–Crippen MR) is 73.9 cm³/mol. The van der Waals surface area contributed by atoms with Crippen LogP contribution in [0.5, 0.6) is 5.75 Å². The Morgan fingerprint density at radius 1 is 1.45 bits per heavy atom. The van der Waals surface area contributed by atoms with Crippen LogP contribution in [0.1, 0.15) is 12.8 Å². The topological polar surface area (TPSA) is 84.3 Å². The summed E-state index contributed by atoms with van der Waals surface area (Å²) in [5, 5.41) is 13.1. The van der Waals surface area contributed by atoms with Gasteiger partial charge in [0.2, 0.25) is 0 Å². The molecule has 1 aromatic carbocycles. The van der Waals surface area contributed by atoms with Crippen LogP contribution in [0.3, 0.4) is 0 Å². The largest absolute Gasteiger partial charge is 0.496 e. The third kappa shape index (κ3) is 2.03. The van der Waals surface area contributed by atoms with Crippen molar-refractivity contribution in [3.8, 4) is 5.75 Å². The lowest BCUT2D eigenvalue weighted by Gasteiger charge is -2.14. The first kappa shape index (κ1) is 12.7. The Bertz CT molecular complexity index is 663. The first-order valence-corrected chi connectivity index (χ1v) is 6.41. The van der Waals surface area contributed by atoms with Gasteiger partial charge in [0.15, 0.2) is 0 Å². The molecule has 2 N–H and O–H groups in total. The highest BCUT2D eigenvalue weighted by atomic mass is 16.5. The minimum Gasteiger partial charge on any atom is -0.496 e. The number of anilines is 1. The number of aliphatic carboxylic acids is 1. The van der Waals surface area contributed by atoms with Gasteiger partial charge < -0.3 is 15.2 Å². The number of benzene rings is 1. The molecule has 0 bridgehead atoms. The number of carboxylic acid groups (broad SMARTS) is 1. The summed E-state index contributed by atoms with van der Waals surface area (Å²) in [6.07, 6.45) is 2.87. The number of nitrogens with zero attached hydrogens (tertiary/aromatic N) is 2. The molecule has 0 aliphatic heterocycles.